The third-order valence-electron chi connectivity index (χ3n) is 7.22. The number of hydrogen-bond acceptors (Lipinski definition) is 4. The first kappa shape index (κ1) is 23.3. The molecule has 0 radical (unpaired) electrons. The molecule has 1 aliphatic heterocycles. The number of para-hydroxylation sites is 1. The minimum Gasteiger partial charge on any atom is -0.484 e. The molecule has 1 saturated heterocycles. The van der Waals surface area contributed by atoms with Gasteiger partial charge in [-0.2, -0.15) is 0 Å². The molecule has 1 aliphatic carbocycles. The fourth-order valence-electron chi connectivity index (χ4n) is 5.57. The lowest BCUT2D eigenvalue weighted by Gasteiger charge is -2.50. The highest BCUT2D eigenvalue weighted by molar-refractivity contribution is 7.09. The van der Waals surface area contributed by atoms with Crippen LogP contribution in [0.15, 0.2) is 47.8 Å². The number of benzene rings is 1. The molecule has 1 saturated carbocycles. The van der Waals surface area contributed by atoms with Gasteiger partial charge in [0.1, 0.15) is 5.75 Å². The predicted octanol–water partition coefficient (Wildman–Crippen LogP) is 6.17. The Balaban J connectivity index is 1.55. The van der Waals surface area contributed by atoms with Gasteiger partial charge in [-0.15, -0.1) is 11.3 Å². The van der Waals surface area contributed by atoms with Crippen molar-refractivity contribution in [2.75, 3.05) is 13.2 Å². The largest absolute Gasteiger partial charge is 0.484 e. The first-order chi connectivity index (χ1) is 15.8. The quantitative estimate of drug-likeness (QED) is 0.567. The Labute approximate surface area is 197 Å². The standard InChI is InChI=1S/C27H38N2O2S/c30-26(22-31-23-13-7-6-8-14-23)29(21-24-15-12-20-32-24)25-16-11-19-28-27(25)17-9-4-2-1-3-5-10-18-27/h6-8,12-15,20,25,28H,1-5,9-11,16-19,21-22H2. The Morgan fingerprint density at radius 1 is 0.969 bits per heavy atom. The smallest absolute Gasteiger partial charge is 0.261 e. The fourth-order valence-corrected chi connectivity index (χ4v) is 6.27. The van der Waals surface area contributed by atoms with Crippen molar-refractivity contribution in [3.8, 4) is 5.75 Å². The van der Waals surface area contributed by atoms with E-state index in [1.54, 1.807) is 11.3 Å². The van der Waals surface area contributed by atoms with Gasteiger partial charge in [-0.1, -0.05) is 69.2 Å². The highest BCUT2D eigenvalue weighted by Crippen LogP contribution is 2.36. The van der Waals surface area contributed by atoms with Crippen LogP contribution in [0, 0.1) is 0 Å². The number of ether oxygens (including phenoxy) is 1. The van der Waals surface area contributed by atoms with E-state index >= 15 is 0 Å². The van der Waals surface area contributed by atoms with Gasteiger partial charge < -0.3 is 15.0 Å². The molecule has 174 valence electrons. The Kier molecular flexibility index (Phi) is 8.63. The van der Waals surface area contributed by atoms with Gasteiger partial charge in [-0.3, -0.25) is 4.79 Å². The molecule has 4 nitrogen and oxygen atoms in total. The first-order valence-corrected chi connectivity index (χ1v) is 13.4. The molecule has 2 aromatic rings. The maximum Gasteiger partial charge on any atom is 0.261 e. The third kappa shape index (κ3) is 6.14. The van der Waals surface area contributed by atoms with Gasteiger partial charge in [0.15, 0.2) is 6.61 Å². The van der Waals surface area contributed by atoms with Crippen LogP contribution in [0.5, 0.6) is 5.75 Å². The summed E-state index contributed by atoms with van der Waals surface area (Å²) in [6, 6.07) is 14.2. The summed E-state index contributed by atoms with van der Waals surface area (Å²) in [5.41, 5.74) is 0.0370. The second-order valence-electron chi connectivity index (χ2n) is 9.42. The van der Waals surface area contributed by atoms with E-state index in [0.29, 0.717) is 6.54 Å². The molecular weight excluding hydrogens is 416 g/mol. The number of thiophene rings is 1. The van der Waals surface area contributed by atoms with Crippen LogP contribution in [0.25, 0.3) is 0 Å². The van der Waals surface area contributed by atoms with Crippen molar-refractivity contribution in [3.63, 3.8) is 0 Å². The molecule has 1 aromatic carbocycles. The molecule has 1 N–H and O–H groups in total. The van der Waals surface area contributed by atoms with E-state index in [1.165, 1.54) is 62.7 Å². The van der Waals surface area contributed by atoms with Crippen LogP contribution < -0.4 is 10.1 Å². The number of carbonyl (C=O) groups excluding carboxylic acids is 1. The fraction of sp³-hybridized carbons (Fsp3) is 0.593. The van der Waals surface area contributed by atoms with Crippen molar-refractivity contribution in [1.29, 1.82) is 0 Å². The third-order valence-corrected chi connectivity index (χ3v) is 8.08. The van der Waals surface area contributed by atoms with E-state index in [9.17, 15) is 4.79 Å². The minimum absolute atomic E-state index is 0.0370. The summed E-state index contributed by atoms with van der Waals surface area (Å²) < 4.78 is 5.91. The van der Waals surface area contributed by atoms with E-state index in [0.717, 1.165) is 25.1 Å². The summed E-state index contributed by atoms with van der Waals surface area (Å²) in [6.07, 6.45) is 13.8. The van der Waals surface area contributed by atoms with Gasteiger partial charge in [-0.25, -0.2) is 0 Å². The molecule has 2 aliphatic rings. The Morgan fingerprint density at radius 3 is 2.38 bits per heavy atom. The lowest BCUT2D eigenvalue weighted by molar-refractivity contribution is -0.140. The molecule has 2 heterocycles. The maximum atomic E-state index is 13.6. The normalized spacial score (nSPS) is 21.7. The average Bonchev–Trinajstić information content (AvgIpc) is 3.35. The molecule has 4 rings (SSSR count). The lowest BCUT2D eigenvalue weighted by atomic mass is 9.74. The summed E-state index contributed by atoms with van der Waals surface area (Å²) in [4.78, 5) is 17.0. The highest BCUT2D eigenvalue weighted by Gasteiger charge is 2.44. The van der Waals surface area contributed by atoms with E-state index in [2.05, 4.69) is 27.7 Å². The molecule has 5 heteroatoms. The molecule has 1 spiro atoms. The number of rotatable bonds is 6. The van der Waals surface area contributed by atoms with E-state index in [4.69, 9.17) is 4.74 Å². The lowest BCUT2D eigenvalue weighted by Crippen LogP contribution is -2.65. The zero-order chi connectivity index (χ0) is 22.1. The number of hydrogen-bond donors (Lipinski definition) is 1. The van der Waals surface area contributed by atoms with Gasteiger partial charge in [0, 0.05) is 10.4 Å². The van der Waals surface area contributed by atoms with Crippen LogP contribution in [-0.4, -0.2) is 35.5 Å². The summed E-state index contributed by atoms with van der Waals surface area (Å²) in [5, 5.41) is 6.07. The van der Waals surface area contributed by atoms with Gasteiger partial charge in [0.25, 0.3) is 5.91 Å². The zero-order valence-electron chi connectivity index (χ0n) is 19.3. The van der Waals surface area contributed by atoms with Gasteiger partial charge >= 0.3 is 0 Å². The first-order valence-electron chi connectivity index (χ1n) is 12.5. The van der Waals surface area contributed by atoms with Crippen LogP contribution >= 0.6 is 11.3 Å². The number of nitrogens with one attached hydrogen (secondary N) is 1. The van der Waals surface area contributed by atoms with Gasteiger partial charge in [0.05, 0.1) is 12.6 Å². The van der Waals surface area contributed by atoms with Crippen molar-refractivity contribution >= 4 is 17.2 Å². The topological polar surface area (TPSA) is 41.6 Å². The molecule has 1 unspecified atom stereocenters. The van der Waals surface area contributed by atoms with Crippen LogP contribution in [0.1, 0.15) is 75.5 Å². The summed E-state index contributed by atoms with van der Waals surface area (Å²) in [6.45, 7) is 1.85. The SMILES string of the molecule is O=C(COc1ccccc1)N(Cc1cccs1)C1CCCNC12CCCCCCCCC2. The molecule has 1 aromatic heterocycles. The van der Waals surface area contributed by atoms with Crippen molar-refractivity contribution in [3.05, 3.63) is 52.7 Å². The molecule has 2 fully saturated rings. The Morgan fingerprint density at radius 2 is 1.69 bits per heavy atom. The van der Waals surface area contributed by atoms with Crippen molar-refractivity contribution in [2.45, 2.75) is 88.8 Å². The Bertz CT molecular complexity index is 798. The molecular formula is C27H38N2O2S. The number of amides is 1. The van der Waals surface area contributed by atoms with Crippen molar-refractivity contribution in [2.24, 2.45) is 0 Å². The second kappa shape index (κ2) is 11.9. The minimum atomic E-state index is 0.0370. The Hall–Kier alpha value is -1.85. The van der Waals surface area contributed by atoms with E-state index < -0.39 is 0 Å². The molecule has 0 bridgehead atoms. The number of nitrogens with zero attached hydrogens (tertiary/aromatic N) is 1. The maximum absolute atomic E-state index is 13.6. The molecule has 32 heavy (non-hydrogen) atoms. The van der Waals surface area contributed by atoms with Crippen LogP contribution in [0.2, 0.25) is 0 Å². The van der Waals surface area contributed by atoms with Crippen LogP contribution in [-0.2, 0) is 11.3 Å². The van der Waals surface area contributed by atoms with Crippen LogP contribution in [0.4, 0.5) is 0 Å². The average molecular weight is 455 g/mol. The van der Waals surface area contributed by atoms with Crippen LogP contribution in [0.3, 0.4) is 0 Å². The monoisotopic (exact) mass is 454 g/mol. The number of carbonyl (C=O) groups is 1. The predicted molar refractivity (Wildman–Crippen MR) is 132 cm³/mol. The number of piperidine rings is 1. The summed E-state index contributed by atoms with van der Waals surface area (Å²) in [5.74, 6) is 0.861. The highest BCUT2D eigenvalue weighted by atomic mass is 32.1. The van der Waals surface area contributed by atoms with Crippen molar-refractivity contribution in [1.82, 2.24) is 10.2 Å². The molecule has 1 amide bonds. The van der Waals surface area contributed by atoms with E-state index in [1.807, 2.05) is 30.3 Å². The van der Waals surface area contributed by atoms with Gasteiger partial charge in [0.2, 0.25) is 0 Å². The molecule has 1 atom stereocenters. The van der Waals surface area contributed by atoms with Gasteiger partial charge in [-0.05, 0) is 55.8 Å². The summed E-state index contributed by atoms with van der Waals surface area (Å²) >= 11 is 1.74. The second-order valence-corrected chi connectivity index (χ2v) is 10.5. The van der Waals surface area contributed by atoms with E-state index in [-0.39, 0.29) is 24.1 Å². The summed E-state index contributed by atoms with van der Waals surface area (Å²) in [7, 11) is 0. The van der Waals surface area contributed by atoms with Crippen molar-refractivity contribution < 1.29 is 9.53 Å². The zero-order valence-corrected chi connectivity index (χ0v) is 20.1.